The van der Waals surface area contributed by atoms with Gasteiger partial charge < -0.3 is 0 Å². The van der Waals surface area contributed by atoms with Gasteiger partial charge in [0.15, 0.2) is 0 Å². The molecule has 0 saturated carbocycles. The van der Waals surface area contributed by atoms with Crippen molar-refractivity contribution >= 4 is 34.8 Å². The van der Waals surface area contributed by atoms with Crippen LogP contribution in [0, 0.1) is 20.8 Å². The van der Waals surface area contributed by atoms with Gasteiger partial charge in [-0.05, 0) is 55.5 Å². The summed E-state index contributed by atoms with van der Waals surface area (Å²) in [5.41, 5.74) is 9.17. The smallest absolute Gasteiger partial charge is 0.250 e. The maximum Gasteiger partial charge on any atom is 0.250 e. The van der Waals surface area contributed by atoms with Gasteiger partial charge in [0, 0.05) is 16.0 Å². The van der Waals surface area contributed by atoms with Gasteiger partial charge in [0.25, 0.3) is 0 Å². The van der Waals surface area contributed by atoms with Gasteiger partial charge in [0.2, 0.25) is 5.91 Å². The fourth-order valence-corrected chi connectivity index (χ4v) is 4.13. The van der Waals surface area contributed by atoms with Crippen molar-refractivity contribution in [2.75, 3.05) is 5.75 Å². The van der Waals surface area contributed by atoms with Gasteiger partial charge in [-0.1, -0.05) is 49.7 Å². The standard InChI is InChI=1S/C24H27N3OS/c1-15(2)20-8-6-19(7-9-20)13-25-27-23(28)14-29-22-12-18(5)26-24-17(4)10-16(3)11-21(22)24/h6-13,15H,14H2,1-5H3,(H,27,28). The Bertz CT molecular complexity index is 1060. The molecule has 0 spiro atoms. The average Bonchev–Trinajstić information content (AvgIpc) is 2.67. The predicted octanol–water partition coefficient (Wildman–Crippen LogP) is 5.53. The van der Waals surface area contributed by atoms with Crippen molar-refractivity contribution in [1.29, 1.82) is 0 Å². The van der Waals surface area contributed by atoms with Gasteiger partial charge in [-0.25, -0.2) is 5.43 Å². The number of aromatic nitrogens is 1. The number of amides is 1. The number of carbonyl (C=O) groups is 1. The number of nitrogens with zero attached hydrogens (tertiary/aromatic N) is 2. The lowest BCUT2D eigenvalue weighted by Gasteiger charge is -2.10. The van der Waals surface area contributed by atoms with E-state index in [9.17, 15) is 4.79 Å². The van der Waals surface area contributed by atoms with Gasteiger partial charge >= 0.3 is 0 Å². The first kappa shape index (κ1) is 21.1. The lowest BCUT2D eigenvalue weighted by molar-refractivity contribution is -0.118. The van der Waals surface area contributed by atoms with Crippen molar-refractivity contribution in [3.8, 4) is 0 Å². The Hall–Kier alpha value is -2.66. The van der Waals surface area contributed by atoms with E-state index < -0.39 is 0 Å². The maximum absolute atomic E-state index is 12.2. The van der Waals surface area contributed by atoms with Crippen LogP contribution in [-0.4, -0.2) is 22.9 Å². The summed E-state index contributed by atoms with van der Waals surface area (Å²) in [5.74, 6) is 0.671. The number of hydrogen-bond donors (Lipinski definition) is 1. The average molecular weight is 406 g/mol. The van der Waals surface area contributed by atoms with Crippen LogP contribution in [0.4, 0.5) is 0 Å². The number of benzene rings is 2. The Labute approximate surface area is 176 Å². The highest BCUT2D eigenvalue weighted by molar-refractivity contribution is 8.00. The Morgan fingerprint density at radius 3 is 2.55 bits per heavy atom. The molecule has 29 heavy (non-hydrogen) atoms. The topological polar surface area (TPSA) is 54.4 Å². The van der Waals surface area contributed by atoms with E-state index in [1.54, 1.807) is 6.21 Å². The van der Waals surface area contributed by atoms with Crippen molar-refractivity contribution in [2.24, 2.45) is 5.10 Å². The molecule has 0 aliphatic heterocycles. The lowest BCUT2D eigenvalue weighted by Crippen LogP contribution is -2.19. The van der Waals surface area contributed by atoms with E-state index in [1.165, 1.54) is 22.9 Å². The number of nitrogens with one attached hydrogen (secondary N) is 1. The fourth-order valence-electron chi connectivity index (χ4n) is 3.21. The minimum Gasteiger partial charge on any atom is -0.272 e. The van der Waals surface area contributed by atoms with Crippen LogP contribution in [0.3, 0.4) is 0 Å². The molecule has 3 aromatic rings. The van der Waals surface area contributed by atoms with Crippen LogP contribution in [0.5, 0.6) is 0 Å². The molecule has 1 aromatic heterocycles. The second kappa shape index (κ2) is 9.23. The highest BCUT2D eigenvalue weighted by Gasteiger charge is 2.10. The highest BCUT2D eigenvalue weighted by Crippen LogP contribution is 2.30. The van der Waals surface area contributed by atoms with E-state index in [-0.39, 0.29) is 5.91 Å². The van der Waals surface area contributed by atoms with Crippen molar-refractivity contribution in [3.63, 3.8) is 0 Å². The molecule has 0 fully saturated rings. The number of hydrazone groups is 1. The molecule has 0 radical (unpaired) electrons. The zero-order chi connectivity index (χ0) is 21.0. The first-order valence-corrected chi connectivity index (χ1v) is 10.8. The van der Waals surface area contributed by atoms with Gasteiger partial charge in [-0.2, -0.15) is 5.10 Å². The van der Waals surface area contributed by atoms with Crippen LogP contribution in [0.2, 0.25) is 0 Å². The number of thioether (sulfide) groups is 1. The third kappa shape index (κ3) is 5.45. The molecule has 4 nitrogen and oxygen atoms in total. The summed E-state index contributed by atoms with van der Waals surface area (Å²) in [7, 11) is 0. The number of pyridine rings is 1. The van der Waals surface area contributed by atoms with Gasteiger partial charge in [0.1, 0.15) is 0 Å². The molecule has 1 amide bonds. The van der Waals surface area contributed by atoms with E-state index >= 15 is 0 Å². The van der Waals surface area contributed by atoms with Crippen LogP contribution in [0.15, 0.2) is 52.5 Å². The molecule has 0 saturated heterocycles. The largest absolute Gasteiger partial charge is 0.272 e. The van der Waals surface area contributed by atoms with Crippen molar-refractivity contribution < 1.29 is 4.79 Å². The summed E-state index contributed by atoms with van der Waals surface area (Å²) in [6.45, 7) is 10.5. The number of hydrogen-bond acceptors (Lipinski definition) is 4. The summed E-state index contributed by atoms with van der Waals surface area (Å²) >= 11 is 1.52. The second-order valence-corrected chi connectivity index (χ2v) is 8.66. The van der Waals surface area contributed by atoms with E-state index in [2.05, 4.69) is 67.5 Å². The Balaban J connectivity index is 1.63. The van der Waals surface area contributed by atoms with Gasteiger partial charge in [-0.15, -0.1) is 11.8 Å². The SMILES string of the molecule is Cc1cc(C)c2nc(C)cc(SCC(=O)NN=Cc3ccc(C(C)C)cc3)c2c1. The number of carbonyl (C=O) groups excluding carboxylic acids is 1. The third-order valence-corrected chi connectivity index (χ3v) is 5.76. The predicted molar refractivity (Wildman–Crippen MR) is 123 cm³/mol. The summed E-state index contributed by atoms with van der Waals surface area (Å²) in [6.07, 6.45) is 1.67. The molecule has 0 unspecified atom stereocenters. The molecule has 1 N–H and O–H groups in total. The normalized spacial score (nSPS) is 11.5. The monoisotopic (exact) mass is 405 g/mol. The Morgan fingerprint density at radius 1 is 1.14 bits per heavy atom. The molecular formula is C24H27N3OS. The fraction of sp³-hybridized carbons (Fsp3) is 0.292. The highest BCUT2D eigenvalue weighted by atomic mass is 32.2. The molecule has 0 aliphatic carbocycles. The summed E-state index contributed by atoms with van der Waals surface area (Å²) in [6, 6.07) is 14.5. The molecule has 0 aliphatic rings. The van der Waals surface area contributed by atoms with E-state index in [4.69, 9.17) is 0 Å². The van der Waals surface area contributed by atoms with Crippen molar-refractivity contribution in [3.05, 3.63) is 70.4 Å². The summed E-state index contributed by atoms with van der Waals surface area (Å²) in [4.78, 5) is 18.0. The lowest BCUT2D eigenvalue weighted by atomic mass is 10.0. The third-order valence-electron chi connectivity index (χ3n) is 4.70. The Morgan fingerprint density at radius 2 is 1.86 bits per heavy atom. The summed E-state index contributed by atoms with van der Waals surface area (Å²) in [5, 5.41) is 5.18. The minimum atomic E-state index is -0.128. The number of rotatable bonds is 6. The first-order chi connectivity index (χ1) is 13.8. The quantitative estimate of drug-likeness (QED) is 0.333. The first-order valence-electron chi connectivity index (χ1n) is 9.76. The molecule has 1 heterocycles. The van der Waals surface area contributed by atoms with E-state index in [0.717, 1.165) is 32.6 Å². The summed E-state index contributed by atoms with van der Waals surface area (Å²) < 4.78 is 0. The molecule has 0 atom stereocenters. The van der Waals surface area contributed by atoms with Crippen LogP contribution in [0.1, 0.15) is 47.7 Å². The maximum atomic E-state index is 12.2. The number of aryl methyl sites for hydroxylation is 3. The zero-order valence-electron chi connectivity index (χ0n) is 17.6. The molecule has 5 heteroatoms. The van der Waals surface area contributed by atoms with Crippen LogP contribution in [-0.2, 0) is 4.79 Å². The van der Waals surface area contributed by atoms with E-state index in [0.29, 0.717) is 11.7 Å². The van der Waals surface area contributed by atoms with Crippen molar-refractivity contribution in [2.45, 2.75) is 45.4 Å². The van der Waals surface area contributed by atoms with Crippen LogP contribution < -0.4 is 5.43 Å². The second-order valence-electron chi connectivity index (χ2n) is 7.64. The van der Waals surface area contributed by atoms with Gasteiger partial charge in [-0.3, -0.25) is 9.78 Å². The van der Waals surface area contributed by atoms with Crippen molar-refractivity contribution in [1.82, 2.24) is 10.4 Å². The molecule has 2 aromatic carbocycles. The molecular weight excluding hydrogens is 378 g/mol. The molecule has 3 rings (SSSR count). The number of fused-ring (bicyclic) bond motifs is 1. The van der Waals surface area contributed by atoms with Gasteiger partial charge in [0.05, 0.1) is 17.5 Å². The van der Waals surface area contributed by atoms with E-state index in [1.807, 2.05) is 25.1 Å². The minimum absolute atomic E-state index is 0.128. The molecule has 0 bridgehead atoms. The molecule has 150 valence electrons. The Kier molecular flexibility index (Phi) is 6.70. The zero-order valence-corrected chi connectivity index (χ0v) is 18.4. The van der Waals surface area contributed by atoms with Crippen LogP contribution >= 0.6 is 11.8 Å². The van der Waals surface area contributed by atoms with Crippen LogP contribution in [0.25, 0.3) is 10.9 Å².